The Morgan fingerprint density at radius 2 is 2.05 bits per heavy atom. The molecule has 21 heavy (non-hydrogen) atoms. The average molecular weight is 312 g/mol. The Hall–Kier alpha value is -0.950. The molecular weight excluding hydrogens is 288 g/mol. The predicted molar refractivity (Wildman–Crippen MR) is 82.6 cm³/mol. The van der Waals surface area contributed by atoms with E-state index in [1.165, 1.54) is 0 Å². The molecule has 1 unspecified atom stereocenters. The van der Waals surface area contributed by atoms with Gasteiger partial charge in [-0.1, -0.05) is 13.0 Å². The molecule has 0 saturated carbocycles. The fourth-order valence-electron chi connectivity index (χ4n) is 2.78. The Bertz CT molecular complexity index is 614. The van der Waals surface area contributed by atoms with E-state index in [0.717, 1.165) is 23.1 Å². The van der Waals surface area contributed by atoms with E-state index >= 15 is 0 Å². The van der Waals surface area contributed by atoms with Crippen molar-refractivity contribution in [2.24, 2.45) is 5.73 Å². The molecule has 1 aliphatic rings. The fraction of sp³-hybridized carbons (Fsp3) is 0.600. The standard InChI is InChI=1S/C15H24N2O3S/c1-4-14-10-20-6-5-17(14)21(18,19)15-8-13(9-16)11(2)7-12(15)3/h7-8,14H,4-6,9-10,16H2,1-3H3. The molecule has 1 fully saturated rings. The fourth-order valence-corrected chi connectivity index (χ4v) is 4.70. The van der Waals surface area contributed by atoms with E-state index in [1.807, 2.05) is 26.8 Å². The summed E-state index contributed by atoms with van der Waals surface area (Å²) in [5, 5.41) is 0. The summed E-state index contributed by atoms with van der Waals surface area (Å²) in [5.74, 6) is 0. The zero-order valence-electron chi connectivity index (χ0n) is 12.9. The van der Waals surface area contributed by atoms with Gasteiger partial charge in [-0.25, -0.2) is 8.42 Å². The van der Waals surface area contributed by atoms with Crippen molar-refractivity contribution in [2.75, 3.05) is 19.8 Å². The van der Waals surface area contributed by atoms with Gasteiger partial charge in [-0.05, 0) is 43.0 Å². The highest BCUT2D eigenvalue weighted by atomic mass is 32.2. The Kier molecular flexibility index (Phi) is 5.03. The Morgan fingerprint density at radius 1 is 1.33 bits per heavy atom. The number of aryl methyl sites for hydroxylation is 2. The molecule has 2 rings (SSSR count). The second-order valence-corrected chi connectivity index (χ2v) is 7.36. The highest BCUT2D eigenvalue weighted by Gasteiger charge is 2.34. The lowest BCUT2D eigenvalue weighted by Crippen LogP contribution is -2.48. The van der Waals surface area contributed by atoms with Crippen molar-refractivity contribution in [3.8, 4) is 0 Å². The van der Waals surface area contributed by atoms with Crippen molar-refractivity contribution in [3.05, 3.63) is 28.8 Å². The molecule has 1 heterocycles. The first-order valence-electron chi connectivity index (χ1n) is 7.31. The van der Waals surface area contributed by atoms with Crippen molar-refractivity contribution < 1.29 is 13.2 Å². The van der Waals surface area contributed by atoms with Gasteiger partial charge in [-0.15, -0.1) is 0 Å². The molecule has 0 aromatic heterocycles. The number of morpholine rings is 1. The lowest BCUT2D eigenvalue weighted by Gasteiger charge is -2.34. The first-order chi connectivity index (χ1) is 9.91. The normalized spacial score (nSPS) is 20.7. The molecular formula is C15H24N2O3S. The van der Waals surface area contributed by atoms with Crippen LogP contribution < -0.4 is 5.73 Å². The van der Waals surface area contributed by atoms with Crippen LogP contribution in [0.4, 0.5) is 0 Å². The predicted octanol–water partition coefficient (Wildman–Crippen LogP) is 1.56. The Morgan fingerprint density at radius 3 is 2.67 bits per heavy atom. The second kappa shape index (κ2) is 6.44. The van der Waals surface area contributed by atoms with Crippen molar-refractivity contribution in [3.63, 3.8) is 0 Å². The third-order valence-electron chi connectivity index (χ3n) is 4.08. The molecule has 1 saturated heterocycles. The number of hydrogen-bond acceptors (Lipinski definition) is 4. The molecule has 1 aromatic carbocycles. The minimum Gasteiger partial charge on any atom is -0.378 e. The molecule has 5 nitrogen and oxygen atoms in total. The third kappa shape index (κ3) is 3.13. The molecule has 1 aromatic rings. The minimum atomic E-state index is -3.51. The van der Waals surface area contributed by atoms with Gasteiger partial charge in [0.2, 0.25) is 10.0 Å². The summed E-state index contributed by atoms with van der Waals surface area (Å²) in [6.45, 7) is 7.43. The maximum atomic E-state index is 13.0. The van der Waals surface area contributed by atoms with Gasteiger partial charge in [0.05, 0.1) is 18.1 Å². The lowest BCUT2D eigenvalue weighted by molar-refractivity contribution is 0.0314. The lowest BCUT2D eigenvalue weighted by atomic mass is 10.1. The zero-order valence-corrected chi connectivity index (χ0v) is 13.7. The van der Waals surface area contributed by atoms with Crippen molar-refractivity contribution in [1.82, 2.24) is 4.31 Å². The summed E-state index contributed by atoms with van der Waals surface area (Å²) >= 11 is 0. The quantitative estimate of drug-likeness (QED) is 0.916. The van der Waals surface area contributed by atoms with Gasteiger partial charge in [0.1, 0.15) is 0 Å². The van der Waals surface area contributed by atoms with Crippen LogP contribution in [0.2, 0.25) is 0 Å². The first-order valence-corrected chi connectivity index (χ1v) is 8.75. The van der Waals surface area contributed by atoms with Gasteiger partial charge in [0.15, 0.2) is 0 Å². The summed E-state index contributed by atoms with van der Waals surface area (Å²) in [4.78, 5) is 0.369. The zero-order chi connectivity index (χ0) is 15.6. The molecule has 0 aliphatic carbocycles. The number of nitrogens with zero attached hydrogens (tertiary/aromatic N) is 1. The van der Waals surface area contributed by atoms with E-state index < -0.39 is 10.0 Å². The molecule has 1 atom stereocenters. The number of sulfonamides is 1. The SMILES string of the molecule is CCC1COCCN1S(=O)(=O)c1cc(CN)c(C)cc1C. The molecule has 0 amide bonds. The summed E-state index contributed by atoms with van der Waals surface area (Å²) < 4.78 is 33.0. The van der Waals surface area contributed by atoms with Crippen LogP contribution in [0.25, 0.3) is 0 Å². The smallest absolute Gasteiger partial charge is 0.243 e. The summed E-state index contributed by atoms with van der Waals surface area (Å²) in [6.07, 6.45) is 0.744. The molecule has 2 N–H and O–H groups in total. The number of benzene rings is 1. The monoisotopic (exact) mass is 312 g/mol. The second-order valence-electron chi connectivity index (χ2n) is 5.50. The van der Waals surface area contributed by atoms with Crippen LogP contribution in [0.3, 0.4) is 0 Å². The number of ether oxygens (including phenoxy) is 1. The van der Waals surface area contributed by atoms with Crippen LogP contribution in [-0.4, -0.2) is 38.5 Å². The summed E-state index contributed by atoms with van der Waals surface area (Å²) in [5.41, 5.74) is 8.39. The van der Waals surface area contributed by atoms with Gasteiger partial charge < -0.3 is 10.5 Å². The summed E-state index contributed by atoms with van der Waals surface area (Å²) in [7, 11) is -3.51. The summed E-state index contributed by atoms with van der Waals surface area (Å²) in [6, 6.07) is 3.53. The minimum absolute atomic E-state index is 0.0919. The van der Waals surface area contributed by atoms with Crippen LogP contribution in [0.5, 0.6) is 0 Å². The highest BCUT2D eigenvalue weighted by molar-refractivity contribution is 7.89. The van der Waals surface area contributed by atoms with Crippen molar-refractivity contribution in [1.29, 1.82) is 0 Å². The van der Waals surface area contributed by atoms with Gasteiger partial charge in [-0.2, -0.15) is 4.31 Å². The molecule has 0 bridgehead atoms. The number of rotatable bonds is 4. The molecule has 6 heteroatoms. The van der Waals surface area contributed by atoms with E-state index in [9.17, 15) is 8.42 Å². The first kappa shape index (κ1) is 16.4. The van der Waals surface area contributed by atoms with Crippen LogP contribution in [0.15, 0.2) is 17.0 Å². The van der Waals surface area contributed by atoms with Gasteiger partial charge >= 0.3 is 0 Å². The van der Waals surface area contributed by atoms with Crippen LogP contribution >= 0.6 is 0 Å². The van der Waals surface area contributed by atoms with E-state index in [1.54, 1.807) is 10.4 Å². The van der Waals surface area contributed by atoms with Crippen molar-refractivity contribution in [2.45, 2.75) is 44.7 Å². The van der Waals surface area contributed by atoms with Crippen LogP contribution in [0, 0.1) is 13.8 Å². The number of hydrogen-bond donors (Lipinski definition) is 1. The van der Waals surface area contributed by atoms with Gasteiger partial charge in [0, 0.05) is 19.1 Å². The van der Waals surface area contributed by atoms with Crippen LogP contribution in [0.1, 0.15) is 30.0 Å². The van der Waals surface area contributed by atoms with E-state index in [4.69, 9.17) is 10.5 Å². The van der Waals surface area contributed by atoms with E-state index in [-0.39, 0.29) is 6.04 Å². The Balaban J connectivity index is 2.48. The molecule has 1 aliphatic heterocycles. The third-order valence-corrected chi connectivity index (χ3v) is 6.18. The largest absolute Gasteiger partial charge is 0.378 e. The molecule has 0 spiro atoms. The van der Waals surface area contributed by atoms with Gasteiger partial charge in [-0.3, -0.25) is 0 Å². The Labute approximate surface area is 127 Å². The van der Waals surface area contributed by atoms with E-state index in [2.05, 4.69) is 0 Å². The molecule has 118 valence electrons. The maximum Gasteiger partial charge on any atom is 0.243 e. The molecule has 0 radical (unpaired) electrons. The van der Waals surface area contributed by atoms with Gasteiger partial charge in [0.25, 0.3) is 0 Å². The highest BCUT2D eigenvalue weighted by Crippen LogP contribution is 2.27. The topological polar surface area (TPSA) is 72.6 Å². The number of nitrogens with two attached hydrogens (primary N) is 1. The van der Waals surface area contributed by atoms with Crippen molar-refractivity contribution >= 4 is 10.0 Å². The van der Waals surface area contributed by atoms with E-state index in [0.29, 0.717) is 31.2 Å². The average Bonchev–Trinajstić information content (AvgIpc) is 2.47. The van der Waals surface area contributed by atoms with Crippen LogP contribution in [-0.2, 0) is 21.3 Å². The maximum absolute atomic E-state index is 13.0.